The van der Waals surface area contributed by atoms with Gasteiger partial charge in [-0.25, -0.2) is 4.39 Å². The molecule has 0 bridgehead atoms. The van der Waals surface area contributed by atoms with E-state index in [-0.39, 0.29) is 33.1 Å². The first kappa shape index (κ1) is 84.9. The lowest BCUT2D eigenvalue weighted by atomic mass is 10.1. The van der Waals surface area contributed by atoms with Crippen molar-refractivity contribution in [3.8, 4) is 40.2 Å². The predicted molar refractivity (Wildman–Crippen MR) is 420 cm³/mol. The van der Waals surface area contributed by atoms with Crippen LogP contribution >= 0.6 is 0 Å². The van der Waals surface area contributed by atoms with E-state index in [0.717, 1.165) is 188 Å². The zero-order valence-corrected chi connectivity index (χ0v) is 64.0. The molecule has 5 heterocycles. The van der Waals surface area contributed by atoms with Crippen molar-refractivity contribution in [2.75, 3.05) is 131 Å². The first-order chi connectivity index (χ1) is 51.4. The molecule has 0 aliphatic carbocycles. The molecule has 0 spiro atoms. The van der Waals surface area contributed by atoms with Gasteiger partial charge in [-0.1, -0.05) is 91.0 Å². The molecule has 0 radical (unpaired) electrons. The largest absolute Gasteiger partial charge is 0.492 e. The van der Waals surface area contributed by atoms with Crippen LogP contribution in [0.2, 0.25) is 0 Å². The number of nitrogens with zero attached hydrogens (tertiary/aromatic N) is 6. The van der Waals surface area contributed by atoms with Gasteiger partial charge in [0.05, 0.1) is 15.4 Å². The van der Waals surface area contributed by atoms with Gasteiger partial charge in [0.25, 0.3) is 11.4 Å². The van der Waals surface area contributed by atoms with Crippen LogP contribution in [0, 0.1) is 53.7 Å². The molecule has 8 aromatic rings. The highest BCUT2D eigenvalue weighted by molar-refractivity contribution is 5.48. The Morgan fingerprint density at radius 1 is 0.430 bits per heavy atom. The number of hydrogen-bond donors (Lipinski definition) is 3. The van der Waals surface area contributed by atoms with Crippen molar-refractivity contribution >= 4 is 17.1 Å². The summed E-state index contributed by atoms with van der Waals surface area (Å²) in [7, 11) is 1.00. The third-order valence-corrected chi connectivity index (χ3v) is 18.7. The van der Waals surface area contributed by atoms with Crippen molar-refractivity contribution in [3.05, 3.63) is 248 Å². The molecule has 21 nitrogen and oxygen atoms in total. The zero-order chi connectivity index (χ0) is 77.1. The second-order valence-corrected chi connectivity index (χ2v) is 28.4. The second kappa shape index (κ2) is 43.4. The number of aryl methyl sites for hydroxylation is 4. The molecule has 5 aliphatic heterocycles. The van der Waals surface area contributed by atoms with Gasteiger partial charge in [-0.3, -0.25) is 39.8 Å². The number of nitrogen functional groups attached to an aromatic ring is 1. The number of aliphatic hydroxyl groups is 2. The first-order valence-corrected chi connectivity index (χ1v) is 36.9. The highest BCUT2D eigenvalue weighted by Crippen LogP contribution is 2.34. The number of hydrogen-bond acceptors (Lipinski definition) is 19. The molecule has 5 saturated heterocycles. The Bertz CT molecular complexity index is 3900. The van der Waals surface area contributed by atoms with Gasteiger partial charge >= 0.3 is 0 Å². The van der Waals surface area contributed by atoms with Crippen LogP contribution in [0.4, 0.5) is 21.5 Å². The molecule has 4 atom stereocenters. The molecule has 13 rings (SSSR count). The fourth-order valence-electron chi connectivity index (χ4n) is 12.7. The van der Waals surface area contributed by atoms with Gasteiger partial charge in [0.1, 0.15) is 89.3 Å². The minimum Gasteiger partial charge on any atom is -0.492 e. The Kier molecular flexibility index (Phi) is 34.4. The Morgan fingerprint density at radius 3 is 1.08 bits per heavy atom. The van der Waals surface area contributed by atoms with Crippen molar-refractivity contribution < 1.29 is 62.3 Å². The lowest BCUT2D eigenvalue weighted by Crippen LogP contribution is -2.37. The van der Waals surface area contributed by atoms with E-state index in [1.165, 1.54) is 37.5 Å². The normalized spacial score (nSPS) is 20.2. The molecule has 4 N–H and O–H groups in total. The van der Waals surface area contributed by atoms with Crippen molar-refractivity contribution in [2.45, 2.75) is 116 Å². The number of ether oxygens (including phenoxy) is 8. The number of para-hydroxylation sites is 5. The van der Waals surface area contributed by atoms with Crippen molar-refractivity contribution in [1.82, 2.24) is 19.6 Å². The molecule has 0 aromatic heterocycles. The summed E-state index contributed by atoms with van der Waals surface area (Å²) in [4.78, 5) is 29.5. The molecule has 107 heavy (non-hydrogen) atoms. The van der Waals surface area contributed by atoms with Crippen LogP contribution in [0.5, 0.6) is 40.2 Å². The van der Waals surface area contributed by atoms with E-state index in [1.54, 1.807) is 12.1 Å². The van der Waals surface area contributed by atoms with E-state index in [9.17, 15) is 29.7 Å². The van der Waals surface area contributed by atoms with Crippen LogP contribution in [-0.2, 0) is 4.74 Å². The van der Waals surface area contributed by atoms with E-state index in [0.29, 0.717) is 37.7 Å². The molecule has 22 heteroatoms. The highest BCUT2D eigenvalue weighted by Gasteiger charge is 2.39. The Balaban J connectivity index is 0.000000186. The number of nitrogens with two attached hydrogens (primary N) is 1. The van der Waals surface area contributed by atoms with Crippen molar-refractivity contribution in [2.24, 2.45) is 0 Å². The first-order valence-electron chi connectivity index (χ1n) is 36.9. The summed E-state index contributed by atoms with van der Waals surface area (Å²) in [6.45, 7) is 31.5. The molecule has 8 aromatic carbocycles. The maximum atomic E-state index is 12.5. The summed E-state index contributed by atoms with van der Waals surface area (Å²) < 4.78 is 59.3. The van der Waals surface area contributed by atoms with Crippen LogP contribution in [-0.4, -0.2) is 187 Å². The van der Waals surface area contributed by atoms with Crippen molar-refractivity contribution in [1.29, 1.82) is 0 Å². The molecule has 5 aliphatic rings. The Labute approximate surface area is 632 Å². The third-order valence-electron chi connectivity index (χ3n) is 18.7. The number of aliphatic hydroxyl groups excluding tert-OH is 1. The van der Waals surface area contributed by atoms with Gasteiger partial charge < -0.3 is 53.8 Å². The predicted octanol–water partition coefficient (Wildman–Crippen LogP) is 15.2. The molecule has 578 valence electrons. The van der Waals surface area contributed by atoms with E-state index in [2.05, 4.69) is 59.4 Å². The van der Waals surface area contributed by atoms with Gasteiger partial charge in [-0.2, -0.15) is 0 Å². The molecule has 5 fully saturated rings. The molecular formula is C85H112FN7O14. The lowest BCUT2D eigenvalue weighted by Gasteiger charge is -2.27. The maximum absolute atomic E-state index is 12.5. The fourth-order valence-corrected chi connectivity index (χ4v) is 12.7. The summed E-state index contributed by atoms with van der Waals surface area (Å²) in [6.07, 6.45) is 6.39. The number of nitro benzene ring substituents is 2. The van der Waals surface area contributed by atoms with E-state index in [4.69, 9.17) is 48.7 Å². The second-order valence-electron chi connectivity index (χ2n) is 28.4. The van der Waals surface area contributed by atoms with Crippen molar-refractivity contribution in [3.63, 3.8) is 0 Å². The number of likely N-dealkylation sites (tertiary alicyclic amines) is 4. The summed E-state index contributed by atoms with van der Waals surface area (Å²) in [5, 5.41) is 37.8. The molecular weight excluding hydrogens is 1360 g/mol. The molecule has 4 unspecified atom stereocenters. The van der Waals surface area contributed by atoms with Crippen LogP contribution in [0.25, 0.3) is 0 Å². The number of non-ortho nitro benzene ring substituents is 2. The number of rotatable bonds is 24. The summed E-state index contributed by atoms with van der Waals surface area (Å²) >= 11 is 0. The third kappa shape index (κ3) is 30.4. The number of anilines is 1. The van der Waals surface area contributed by atoms with Gasteiger partial charge in [0, 0.05) is 148 Å². The molecule has 0 saturated carbocycles. The lowest BCUT2D eigenvalue weighted by molar-refractivity contribution is -0.385. The number of nitro groups is 2. The van der Waals surface area contributed by atoms with Crippen LogP contribution in [0.3, 0.4) is 0 Å². The number of benzene rings is 8. The Hall–Kier alpha value is -9.39. The Morgan fingerprint density at radius 2 is 0.757 bits per heavy atom. The average Bonchev–Trinajstić information content (AvgIpc) is 1.78. The summed E-state index contributed by atoms with van der Waals surface area (Å²) in [6, 6.07) is 61.8. The number of halogens is 1. The van der Waals surface area contributed by atoms with Gasteiger partial charge in [0.15, 0.2) is 0 Å². The quantitative estimate of drug-likeness (QED) is 0.0289. The van der Waals surface area contributed by atoms with Gasteiger partial charge in [-0.15, -0.1) is 0 Å². The number of β-amino-alcohol motifs (C(OH)–C–C–N with tert-alkyl or cyclic N) is 1. The minimum absolute atomic E-state index is 0.0797. The smallest absolute Gasteiger partial charge is 0.269 e. The van der Waals surface area contributed by atoms with E-state index >= 15 is 0 Å². The van der Waals surface area contributed by atoms with E-state index < -0.39 is 16.3 Å². The van der Waals surface area contributed by atoms with E-state index in [1.807, 2.05) is 172 Å². The van der Waals surface area contributed by atoms with Gasteiger partial charge in [-0.05, 0) is 182 Å². The zero-order valence-electron chi connectivity index (χ0n) is 64.0. The topological polar surface area (TPSA) is 240 Å². The monoisotopic (exact) mass is 1470 g/mol. The fraction of sp³-hybridized carbons (Fsp3) is 0.435. The summed E-state index contributed by atoms with van der Waals surface area (Å²) in [5.74, 6) is 5.86. The van der Waals surface area contributed by atoms with Crippen LogP contribution in [0.1, 0.15) is 88.5 Å². The van der Waals surface area contributed by atoms with Crippen LogP contribution in [0.15, 0.2) is 200 Å². The SMILES string of the molecule is C1CCOC1.CC1(O)CCN(CCOc2ccccc2)C1.CO.Cc1cc(N)ccc1OC1(C)CCN(CCOc2ccccc2)C1.Cc1cc([N+](=O)[O-])ccc1F.Cc1cc([N+](=O)[O-])ccc1OC1(C)CCN(CCOc2ccccc2)C1.Cc1ccccc1OC1(C)CCN(CCOc2ccccc2)C1. The van der Waals surface area contributed by atoms with Gasteiger partial charge in [0.2, 0.25) is 0 Å². The average molecular weight is 1470 g/mol. The molecule has 0 amide bonds. The van der Waals surface area contributed by atoms with Crippen LogP contribution < -0.4 is 38.9 Å². The standard InChI is InChI=1S/C20H24N2O4.C20H26N2O2.C20H25NO2.C13H19NO2.C7H6FNO2.C4H8O.CH4O/c1-16-14-17(22(23)24)8-9-19(16)26-20(2)10-11-21(15-20)12-13-25-18-6-4-3-5-7-18;1-16-14-17(21)8-9-19(16)24-20(2)10-11-22(15-20)12-13-23-18-6-4-3-5-7-18;1-17-8-6-7-11-19(17)23-20(2)12-13-21(16-20)14-15-22-18-9-4-3-5-10-18;1-13(15)7-8-14(11-13)9-10-16-12-5-3-2-4-6-12;1-5-4-6(9(10)11)2-3-7(5)8;1-2-4-5-3-1;1-2/h3-9,14H,10-13,15H2,1-2H3;3-9,14H,10-13,15,21H2,1-2H3;3-11H,12-16H2,1-2H3;2-6,15H,7-11H2,1H3;2-4H,1H3;1-4H2;2H,1H3. The maximum Gasteiger partial charge on any atom is 0.269 e. The highest BCUT2D eigenvalue weighted by atomic mass is 19.1. The summed E-state index contributed by atoms with van der Waals surface area (Å²) in [5.41, 5.74) is 8.88. The minimum atomic E-state index is -0.549.